The smallest absolute Gasteiger partial charge is 0.748 e. The molecule has 0 rings (SSSR count). The third kappa shape index (κ3) is 22.8. The molecule has 1 unspecified atom stereocenters. The molecule has 6 heteroatoms. The van der Waals surface area contributed by atoms with Crippen LogP contribution in [0, 0.1) is 0 Å². The molecule has 0 aliphatic heterocycles. The molecule has 0 fully saturated rings. The van der Waals surface area contributed by atoms with Crippen LogP contribution in [-0.4, -0.2) is 31.4 Å². The molecule has 0 aliphatic rings. The third-order valence-corrected chi connectivity index (χ3v) is 5.11. The van der Waals surface area contributed by atoms with Crippen LogP contribution in [-0.2, 0) is 14.9 Å². The molecule has 0 aromatic carbocycles. The summed E-state index contributed by atoms with van der Waals surface area (Å²) in [6, 6.07) is 0. The molecular formula is C19H39NaO4S. The summed E-state index contributed by atoms with van der Waals surface area (Å²) in [6.45, 7) is 4.92. The van der Waals surface area contributed by atoms with Gasteiger partial charge in [0.05, 0.1) is 16.2 Å². The van der Waals surface area contributed by atoms with Gasteiger partial charge in [0.1, 0.15) is 0 Å². The average Bonchev–Trinajstić information content (AvgIpc) is 2.53. The molecular weight excluding hydrogens is 347 g/mol. The fourth-order valence-electron chi connectivity index (χ4n) is 2.91. The summed E-state index contributed by atoms with van der Waals surface area (Å²) in [5.74, 6) is -0.306. The van der Waals surface area contributed by atoms with Gasteiger partial charge >= 0.3 is 29.6 Å². The van der Waals surface area contributed by atoms with E-state index in [1.807, 2.05) is 6.92 Å². The van der Waals surface area contributed by atoms with E-state index in [1.165, 1.54) is 64.2 Å². The normalized spacial score (nSPS) is 12.8. The van der Waals surface area contributed by atoms with E-state index in [2.05, 4.69) is 6.92 Å². The molecule has 0 amide bonds. The van der Waals surface area contributed by atoms with Crippen LogP contribution < -0.4 is 29.6 Å². The van der Waals surface area contributed by atoms with Crippen molar-refractivity contribution in [1.82, 2.24) is 0 Å². The Morgan fingerprint density at radius 3 is 1.68 bits per heavy atom. The first-order chi connectivity index (χ1) is 11.5. The Labute approximate surface area is 178 Å². The van der Waals surface area contributed by atoms with E-state index in [0.29, 0.717) is 13.0 Å². The maximum Gasteiger partial charge on any atom is 1.00 e. The van der Waals surface area contributed by atoms with E-state index >= 15 is 0 Å². The van der Waals surface area contributed by atoms with E-state index < -0.39 is 10.1 Å². The number of unbranched alkanes of at least 4 members (excludes halogenated alkanes) is 10. The quantitative estimate of drug-likeness (QED) is 0.206. The maximum atomic E-state index is 10.8. The van der Waals surface area contributed by atoms with Gasteiger partial charge in [-0.2, -0.15) is 0 Å². The second-order valence-corrected chi connectivity index (χ2v) is 8.39. The minimum atomic E-state index is -4.13. The Morgan fingerprint density at radius 2 is 1.24 bits per heavy atom. The summed E-state index contributed by atoms with van der Waals surface area (Å²) >= 11 is 0. The summed E-state index contributed by atoms with van der Waals surface area (Å²) in [5.41, 5.74) is 0. The number of hydrogen-bond donors (Lipinski definition) is 0. The standard InChI is InChI=1S/C19H40O4S.Na/c1-3-5-6-7-8-9-10-11-12-13-14-15-19(23-17-4-2)16-18-24(20,21)22;/h19H,3-18H2,1-2H3,(H,20,21,22);/q;+1/p-1. The second kappa shape index (κ2) is 19.6. The van der Waals surface area contributed by atoms with Gasteiger partial charge in [-0.25, -0.2) is 8.42 Å². The zero-order chi connectivity index (χ0) is 18.1. The van der Waals surface area contributed by atoms with Crippen LogP contribution in [0.5, 0.6) is 0 Å². The van der Waals surface area contributed by atoms with E-state index in [-0.39, 0.29) is 41.4 Å². The molecule has 0 radical (unpaired) electrons. The predicted octanol–water partition coefficient (Wildman–Crippen LogP) is 2.42. The molecule has 0 aliphatic carbocycles. The van der Waals surface area contributed by atoms with Gasteiger partial charge in [-0.3, -0.25) is 0 Å². The van der Waals surface area contributed by atoms with Crippen LogP contribution in [0.4, 0.5) is 0 Å². The molecule has 0 heterocycles. The fourth-order valence-corrected chi connectivity index (χ4v) is 3.46. The monoisotopic (exact) mass is 386 g/mol. The SMILES string of the molecule is CCCCCCCCCCCCCC(CCS(=O)(=O)[O-])OCCC.[Na+]. The predicted molar refractivity (Wildman–Crippen MR) is 100 cm³/mol. The Bertz CT molecular complexity index is 360. The van der Waals surface area contributed by atoms with Gasteiger partial charge in [0, 0.05) is 12.4 Å². The van der Waals surface area contributed by atoms with E-state index in [4.69, 9.17) is 4.74 Å². The van der Waals surface area contributed by atoms with Crippen molar-refractivity contribution in [3.63, 3.8) is 0 Å². The van der Waals surface area contributed by atoms with Crippen molar-refractivity contribution in [2.75, 3.05) is 12.4 Å². The average molecular weight is 387 g/mol. The molecule has 0 bridgehead atoms. The van der Waals surface area contributed by atoms with Crippen molar-refractivity contribution in [3.8, 4) is 0 Å². The Kier molecular flexibility index (Phi) is 22.0. The van der Waals surface area contributed by atoms with Crippen LogP contribution in [0.1, 0.15) is 104 Å². The summed E-state index contributed by atoms with van der Waals surface area (Å²) in [6.07, 6.45) is 16.3. The Morgan fingerprint density at radius 1 is 0.760 bits per heavy atom. The van der Waals surface area contributed by atoms with Crippen LogP contribution in [0.3, 0.4) is 0 Å². The van der Waals surface area contributed by atoms with Crippen molar-refractivity contribution in [2.45, 2.75) is 110 Å². The third-order valence-electron chi connectivity index (χ3n) is 4.38. The van der Waals surface area contributed by atoms with Crippen LogP contribution in [0.2, 0.25) is 0 Å². The Balaban J connectivity index is 0. The summed E-state index contributed by atoms with van der Waals surface area (Å²) in [5, 5.41) is 0. The zero-order valence-electron chi connectivity index (χ0n) is 16.9. The van der Waals surface area contributed by atoms with Crippen molar-refractivity contribution in [3.05, 3.63) is 0 Å². The molecule has 0 N–H and O–H groups in total. The molecule has 1 atom stereocenters. The summed E-state index contributed by atoms with van der Waals surface area (Å²) < 4.78 is 37.9. The van der Waals surface area contributed by atoms with Gasteiger partial charge in [0.15, 0.2) is 0 Å². The first-order valence-electron chi connectivity index (χ1n) is 10.0. The van der Waals surface area contributed by atoms with Crippen LogP contribution in [0.15, 0.2) is 0 Å². The summed E-state index contributed by atoms with van der Waals surface area (Å²) in [7, 11) is -4.13. The number of rotatable bonds is 18. The van der Waals surface area contributed by atoms with Gasteiger partial charge in [-0.15, -0.1) is 0 Å². The first kappa shape index (κ1) is 28.1. The molecule has 146 valence electrons. The number of ether oxygens (including phenoxy) is 1. The Hall–Kier alpha value is 0.870. The molecule has 25 heavy (non-hydrogen) atoms. The molecule has 0 saturated carbocycles. The topological polar surface area (TPSA) is 66.4 Å². The van der Waals surface area contributed by atoms with E-state index in [0.717, 1.165) is 19.3 Å². The molecule has 0 aromatic rings. The van der Waals surface area contributed by atoms with Crippen molar-refractivity contribution >= 4 is 10.1 Å². The maximum absolute atomic E-state index is 10.8. The van der Waals surface area contributed by atoms with Gasteiger partial charge in [0.2, 0.25) is 0 Å². The molecule has 4 nitrogen and oxygen atoms in total. The van der Waals surface area contributed by atoms with E-state index in [1.54, 1.807) is 0 Å². The summed E-state index contributed by atoms with van der Waals surface area (Å²) in [4.78, 5) is 0. The minimum Gasteiger partial charge on any atom is -0.748 e. The van der Waals surface area contributed by atoms with Crippen molar-refractivity contribution in [2.24, 2.45) is 0 Å². The minimum absolute atomic E-state index is 0. The largest absolute Gasteiger partial charge is 1.00 e. The van der Waals surface area contributed by atoms with Gasteiger partial charge in [0.25, 0.3) is 0 Å². The van der Waals surface area contributed by atoms with Crippen molar-refractivity contribution < 1.29 is 47.3 Å². The fraction of sp³-hybridized carbons (Fsp3) is 1.00. The van der Waals surface area contributed by atoms with Gasteiger partial charge in [-0.05, 0) is 19.3 Å². The number of hydrogen-bond acceptors (Lipinski definition) is 4. The van der Waals surface area contributed by atoms with Gasteiger partial charge < -0.3 is 9.29 Å². The van der Waals surface area contributed by atoms with Crippen LogP contribution in [0.25, 0.3) is 0 Å². The first-order valence-corrected chi connectivity index (χ1v) is 11.6. The van der Waals surface area contributed by atoms with Crippen LogP contribution >= 0.6 is 0 Å². The second-order valence-electron chi connectivity index (χ2n) is 6.87. The van der Waals surface area contributed by atoms with Gasteiger partial charge in [-0.1, -0.05) is 84.5 Å². The van der Waals surface area contributed by atoms with Crippen molar-refractivity contribution in [1.29, 1.82) is 0 Å². The van der Waals surface area contributed by atoms with E-state index in [9.17, 15) is 13.0 Å². The molecule has 0 saturated heterocycles. The molecule has 0 aromatic heterocycles. The molecule has 0 spiro atoms. The zero-order valence-corrected chi connectivity index (χ0v) is 19.7.